The van der Waals surface area contributed by atoms with E-state index in [9.17, 15) is 4.79 Å². The molecule has 0 bridgehead atoms. The first kappa shape index (κ1) is 14.1. The van der Waals surface area contributed by atoms with Gasteiger partial charge in [0.15, 0.2) is 0 Å². The first-order chi connectivity index (χ1) is 10.2. The Morgan fingerprint density at radius 1 is 1.10 bits per heavy atom. The van der Waals surface area contributed by atoms with Crippen LogP contribution >= 0.6 is 0 Å². The summed E-state index contributed by atoms with van der Waals surface area (Å²) in [5, 5.41) is 5.65. The number of benzene rings is 2. The predicted octanol–water partition coefficient (Wildman–Crippen LogP) is 4.08. The van der Waals surface area contributed by atoms with Gasteiger partial charge in [0.1, 0.15) is 0 Å². The Hall–Kier alpha value is -1.83. The molecule has 1 fully saturated rings. The SMILES string of the molecule is C[C@@H]1CCCC[C@H]1NC(=O)Cc1ccc2ccccc2c1. The molecule has 2 atom stereocenters. The van der Waals surface area contributed by atoms with E-state index < -0.39 is 0 Å². The topological polar surface area (TPSA) is 29.1 Å². The monoisotopic (exact) mass is 281 g/mol. The van der Waals surface area contributed by atoms with E-state index in [0.29, 0.717) is 18.4 Å². The Labute approximate surface area is 126 Å². The van der Waals surface area contributed by atoms with Gasteiger partial charge in [0, 0.05) is 6.04 Å². The van der Waals surface area contributed by atoms with Crippen LogP contribution < -0.4 is 5.32 Å². The van der Waals surface area contributed by atoms with Crippen LogP contribution in [0.3, 0.4) is 0 Å². The van der Waals surface area contributed by atoms with Crippen molar-refractivity contribution >= 4 is 16.7 Å². The quantitative estimate of drug-likeness (QED) is 0.902. The van der Waals surface area contributed by atoms with E-state index in [1.54, 1.807) is 0 Å². The Bertz CT molecular complexity index is 634. The van der Waals surface area contributed by atoms with Crippen molar-refractivity contribution in [3.63, 3.8) is 0 Å². The molecule has 0 radical (unpaired) electrons. The molecular formula is C19H23NO. The number of fused-ring (bicyclic) bond motifs is 1. The van der Waals surface area contributed by atoms with Crippen molar-refractivity contribution in [2.24, 2.45) is 5.92 Å². The van der Waals surface area contributed by atoms with E-state index in [4.69, 9.17) is 0 Å². The number of rotatable bonds is 3. The summed E-state index contributed by atoms with van der Waals surface area (Å²) < 4.78 is 0. The summed E-state index contributed by atoms with van der Waals surface area (Å²) in [6.45, 7) is 2.25. The fourth-order valence-corrected chi connectivity index (χ4v) is 3.32. The molecule has 2 heteroatoms. The Morgan fingerprint density at radius 3 is 2.67 bits per heavy atom. The summed E-state index contributed by atoms with van der Waals surface area (Å²) in [5.74, 6) is 0.767. The average Bonchev–Trinajstić information content (AvgIpc) is 2.49. The Kier molecular flexibility index (Phi) is 4.23. The molecule has 1 saturated carbocycles. The molecule has 0 unspecified atom stereocenters. The van der Waals surface area contributed by atoms with Gasteiger partial charge in [-0.2, -0.15) is 0 Å². The second-order valence-corrected chi connectivity index (χ2v) is 6.29. The molecule has 21 heavy (non-hydrogen) atoms. The van der Waals surface area contributed by atoms with Gasteiger partial charge in [0.05, 0.1) is 6.42 Å². The summed E-state index contributed by atoms with van der Waals surface area (Å²) >= 11 is 0. The van der Waals surface area contributed by atoms with Crippen molar-refractivity contribution in [3.8, 4) is 0 Å². The summed E-state index contributed by atoms with van der Waals surface area (Å²) in [6.07, 6.45) is 5.39. The summed E-state index contributed by atoms with van der Waals surface area (Å²) in [5.41, 5.74) is 1.09. The van der Waals surface area contributed by atoms with E-state index in [1.165, 1.54) is 30.0 Å². The summed E-state index contributed by atoms with van der Waals surface area (Å²) in [6, 6.07) is 14.9. The molecule has 0 aliphatic heterocycles. The minimum absolute atomic E-state index is 0.157. The molecule has 3 rings (SSSR count). The fourth-order valence-electron chi connectivity index (χ4n) is 3.32. The molecule has 1 aliphatic rings. The summed E-state index contributed by atoms with van der Waals surface area (Å²) in [4.78, 5) is 12.3. The number of nitrogens with one attached hydrogen (secondary N) is 1. The lowest BCUT2D eigenvalue weighted by atomic mass is 9.86. The molecule has 110 valence electrons. The molecule has 1 N–H and O–H groups in total. The lowest BCUT2D eigenvalue weighted by molar-refractivity contribution is -0.121. The second kappa shape index (κ2) is 6.30. The van der Waals surface area contributed by atoms with E-state index in [1.807, 2.05) is 12.1 Å². The third-order valence-electron chi connectivity index (χ3n) is 4.64. The van der Waals surface area contributed by atoms with Crippen LogP contribution in [0.5, 0.6) is 0 Å². The van der Waals surface area contributed by atoms with Gasteiger partial charge in [0.25, 0.3) is 0 Å². The third kappa shape index (κ3) is 3.44. The van der Waals surface area contributed by atoms with Crippen molar-refractivity contribution in [2.75, 3.05) is 0 Å². The summed E-state index contributed by atoms with van der Waals surface area (Å²) in [7, 11) is 0. The van der Waals surface area contributed by atoms with Crippen molar-refractivity contribution in [2.45, 2.75) is 45.1 Å². The van der Waals surface area contributed by atoms with Gasteiger partial charge in [-0.15, -0.1) is 0 Å². The minimum Gasteiger partial charge on any atom is -0.353 e. The normalized spacial score (nSPS) is 22.1. The Morgan fingerprint density at radius 2 is 1.86 bits per heavy atom. The molecule has 1 amide bonds. The lowest BCUT2D eigenvalue weighted by Crippen LogP contribution is -2.41. The molecule has 2 nitrogen and oxygen atoms in total. The van der Waals surface area contributed by atoms with Crippen LogP contribution in [0.15, 0.2) is 42.5 Å². The number of hydrogen-bond acceptors (Lipinski definition) is 1. The van der Waals surface area contributed by atoms with E-state index in [0.717, 1.165) is 12.0 Å². The van der Waals surface area contributed by atoms with Crippen LogP contribution in [-0.4, -0.2) is 11.9 Å². The highest BCUT2D eigenvalue weighted by Crippen LogP contribution is 2.24. The third-order valence-corrected chi connectivity index (χ3v) is 4.64. The van der Waals surface area contributed by atoms with Crippen molar-refractivity contribution in [1.82, 2.24) is 5.32 Å². The highest BCUT2D eigenvalue weighted by atomic mass is 16.1. The largest absolute Gasteiger partial charge is 0.353 e. The fraction of sp³-hybridized carbons (Fsp3) is 0.421. The smallest absolute Gasteiger partial charge is 0.224 e. The van der Waals surface area contributed by atoms with Crippen molar-refractivity contribution < 1.29 is 4.79 Å². The zero-order chi connectivity index (χ0) is 14.7. The standard InChI is InChI=1S/C19H23NO/c1-14-6-2-5-9-18(14)20-19(21)13-15-10-11-16-7-3-4-8-17(16)12-15/h3-4,7-8,10-12,14,18H,2,5-6,9,13H2,1H3,(H,20,21)/t14-,18-/m1/s1. The van der Waals surface area contributed by atoms with Crippen molar-refractivity contribution in [1.29, 1.82) is 0 Å². The highest BCUT2D eigenvalue weighted by molar-refractivity contribution is 5.85. The minimum atomic E-state index is 0.157. The predicted molar refractivity (Wildman–Crippen MR) is 87.2 cm³/mol. The average molecular weight is 281 g/mol. The van der Waals surface area contributed by atoms with Crippen LogP contribution in [0.2, 0.25) is 0 Å². The van der Waals surface area contributed by atoms with Gasteiger partial charge in [0.2, 0.25) is 5.91 Å². The highest BCUT2D eigenvalue weighted by Gasteiger charge is 2.22. The molecule has 0 spiro atoms. The van der Waals surface area contributed by atoms with Gasteiger partial charge in [-0.25, -0.2) is 0 Å². The number of carbonyl (C=O) groups excluding carboxylic acids is 1. The molecular weight excluding hydrogens is 258 g/mol. The molecule has 1 aliphatic carbocycles. The molecule has 2 aromatic rings. The van der Waals surface area contributed by atoms with E-state index in [-0.39, 0.29) is 5.91 Å². The molecule has 0 heterocycles. The van der Waals surface area contributed by atoms with Crippen LogP contribution in [0.4, 0.5) is 0 Å². The van der Waals surface area contributed by atoms with E-state index >= 15 is 0 Å². The van der Waals surface area contributed by atoms with Crippen LogP contribution in [-0.2, 0) is 11.2 Å². The van der Waals surface area contributed by atoms with Gasteiger partial charge < -0.3 is 5.32 Å². The second-order valence-electron chi connectivity index (χ2n) is 6.29. The number of hydrogen-bond donors (Lipinski definition) is 1. The van der Waals surface area contributed by atoms with Gasteiger partial charge >= 0.3 is 0 Å². The zero-order valence-corrected chi connectivity index (χ0v) is 12.6. The lowest BCUT2D eigenvalue weighted by Gasteiger charge is -2.29. The van der Waals surface area contributed by atoms with Crippen LogP contribution in [0.25, 0.3) is 10.8 Å². The first-order valence-electron chi connectivity index (χ1n) is 7.99. The van der Waals surface area contributed by atoms with Crippen LogP contribution in [0.1, 0.15) is 38.2 Å². The first-order valence-corrected chi connectivity index (χ1v) is 7.99. The number of amides is 1. The maximum atomic E-state index is 12.3. The zero-order valence-electron chi connectivity index (χ0n) is 12.6. The maximum absolute atomic E-state index is 12.3. The van der Waals surface area contributed by atoms with E-state index in [2.05, 4.69) is 42.6 Å². The van der Waals surface area contributed by atoms with Gasteiger partial charge in [-0.3, -0.25) is 4.79 Å². The van der Waals surface area contributed by atoms with Gasteiger partial charge in [-0.05, 0) is 35.1 Å². The van der Waals surface area contributed by atoms with Gasteiger partial charge in [-0.1, -0.05) is 62.2 Å². The maximum Gasteiger partial charge on any atom is 0.224 e. The Balaban J connectivity index is 1.65. The molecule has 0 saturated heterocycles. The molecule has 0 aromatic heterocycles. The number of carbonyl (C=O) groups is 1. The van der Waals surface area contributed by atoms with Crippen molar-refractivity contribution in [3.05, 3.63) is 48.0 Å². The van der Waals surface area contributed by atoms with Crippen LogP contribution in [0, 0.1) is 5.92 Å². The molecule has 2 aromatic carbocycles.